The van der Waals surface area contributed by atoms with Gasteiger partial charge in [0.15, 0.2) is 11.5 Å². The summed E-state index contributed by atoms with van der Waals surface area (Å²) in [5.74, 6) is 0.728. The van der Waals surface area contributed by atoms with Gasteiger partial charge in [-0.15, -0.1) is 5.10 Å². The van der Waals surface area contributed by atoms with Crippen molar-refractivity contribution in [3.63, 3.8) is 0 Å². The molecule has 0 amide bonds. The lowest BCUT2D eigenvalue weighted by molar-refractivity contribution is 0.491. The van der Waals surface area contributed by atoms with Crippen LogP contribution in [0, 0.1) is 33.5 Å². The highest BCUT2D eigenvalue weighted by atomic mass is 19.1. The minimum atomic E-state index is -0.450. The summed E-state index contributed by atoms with van der Waals surface area (Å²) in [7, 11) is 0. The van der Waals surface area contributed by atoms with Crippen molar-refractivity contribution < 1.29 is 8.81 Å². The van der Waals surface area contributed by atoms with E-state index in [9.17, 15) is 9.18 Å². The zero-order valence-corrected chi connectivity index (χ0v) is 19.1. The molecule has 10 heteroatoms. The van der Waals surface area contributed by atoms with E-state index in [0.717, 1.165) is 17.0 Å². The summed E-state index contributed by atoms with van der Waals surface area (Å²) in [6.07, 6.45) is 0. The van der Waals surface area contributed by atoms with E-state index in [0.29, 0.717) is 39.8 Å². The van der Waals surface area contributed by atoms with Gasteiger partial charge in [-0.3, -0.25) is 4.98 Å². The molecule has 5 aromatic rings. The molecule has 0 atom stereocenters. The van der Waals surface area contributed by atoms with Crippen LogP contribution in [0.5, 0.6) is 0 Å². The summed E-state index contributed by atoms with van der Waals surface area (Å²) >= 11 is 0. The second kappa shape index (κ2) is 7.91. The number of pyridine rings is 1. The first kappa shape index (κ1) is 21.5. The van der Waals surface area contributed by atoms with Crippen molar-refractivity contribution >= 4 is 11.6 Å². The van der Waals surface area contributed by atoms with Gasteiger partial charge in [0.25, 0.3) is 0 Å². The number of anilines is 1. The van der Waals surface area contributed by atoms with E-state index in [2.05, 4.69) is 20.1 Å². The second-order valence-electron chi connectivity index (χ2n) is 8.17. The van der Waals surface area contributed by atoms with Crippen LogP contribution in [0.25, 0.3) is 28.0 Å². The Hall–Kier alpha value is -4.34. The van der Waals surface area contributed by atoms with Gasteiger partial charge >= 0.3 is 5.69 Å². The van der Waals surface area contributed by atoms with Crippen molar-refractivity contribution in [2.24, 2.45) is 0 Å². The zero-order chi connectivity index (χ0) is 24.1. The number of nitrogen functional groups attached to an aromatic ring is 1. The molecular formula is C24H22FN7O2. The van der Waals surface area contributed by atoms with Crippen LogP contribution < -0.4 is 11.4 Å². The Morgan fingerprint density at radius 2 is 1.65 bits per heavy atom. The largest absolute Gasteiger partial charge is 0.446 e. The van der Waals surface area contributed by atoms with Crippen molar-refractivity contribution in [2.75, 3.05) is 5.73 Å². The number of aryl methyl sites for hydroxylation is 4. The van der Waals surface area contributed by atoms with Crippen LogP contribution in [0.4, 0.5) is 10.3 Å². The summed E-state index contributed by atoms with van der Waals surface area (Å²) in [5, 5.41) is 4.63. The Balaban J connectivity index is 1.82. The highest BCUT2D eigenvalue weighted by Crippen LogP contribution is 2.35. The lowest BCUT2D eigenvalue weighted by Crippen LogP contribution is -2.24. The lowest BCUT2D eigenvalue weighted by atomic mass is 9.99. The predicted octanol–water partition coefficient (Wildman–Crippen LogP) is 3.61. The standard InChI is InChI=1S/C24H22FN7O2/c1-12-9-17(10-13(2)27-12)20-21(16-5-7-18(25)8-6-16)29-23(26)32-22(20)30-31(24(32)33)11-19-14(3)34-15(4)28-19/h5-10H,11H2,1-4H3,(H2,26,29). The first-order valence-corrected chi connectivity index (χ1v) is 10.6. The summed E-state index contributed by atoms with van der Waals surface area (Å²) in [4.78, 5) is 26.7. The highest BCUT2D eigenvalue weighted by Gasteiger charge is 2.23. The normalized spacial score (nSPS) is 11.4. The molecule has 4 aromatic heterocycles. The van der Waals surface area contributed by atoms with Gasteiger partial charge in [0.2, 0.25) is 5.95 Å². The van der Waals surface area contributed by atoms with Crippen LogP contribution in [0.1, 0.15) is 28.7 Å². The van der Waals surface area contributed by atoms with Gasteiger partial charge in [-0.2, -0.15) is 0 Å². The molecule has 0 fully saturated rings. The average molecular weight is 459 g/mol. The number of nitrogens with zero attached hydrogens (tertiary/aromatic N) is 6. The number of benzene rings is 1. The molecular weight excluding hydrogens is 437 g/mol. The third kappa shape index (κ3) is 3.62. The fourth-order valence-corrected chi connectivity index (χ4v) is 4.13. The Morgan fingerprint density at radius 1 is 0.971 bits per heavy atom. The summed E-state index contributed by atoms with van der Waals surface area (Å²) in [6.45, 7) is 7.41. The maximum Gasteiger partial charge on any atom is 0.353 e. The summed E-state index contributed by atoms with van der Waals surface area (Å²) < 4.78 is 21.7. The van der Waals surface area contributed by atoms with Gasteiger partial charge in [-0.1, -0.05) is 0 Å². The number of oxazole rings is 1. The lowest BCUT2D eigenvalue weighted by Gasteiger charge is -2.13. The molecule has 34 heavy (non-hydrogen) atoms. The van der Waals surface area contributed by atoms with E-state index in [-0.39, 0.29) is 18.3 Å². The van der Waals surface area contributed by atoms with Crippen molar-refractivity contribution in [3.05, 3.63) is 81.4 Å². The number of fused-ring (bicyclic) bond motifs is 1. The van der Waals surface area contributed by atoms with Crippen LogP contribution in [0.15, 0.2) is 45.6 Å². The van der Waals surface area contributed by atoms with Gasteiger partial charge in [0, 0.05) is 23.9 Å². The van der Waals surface area contributed by atoms with E-state index in [1.165, 1.54) is 21.2 Å². The van der Waals surface area contributed by atoms with E-state index >= 15 is 0 Å². The van der Waals surface area contributed by atoms with Crippen LogP contribution in [0.2, 0.25) is 0 Å². The smallest absolute Gasteiger partial charge is 0.353 e. The number of hydrogen-bond donors (Lipinski definition) is 1. The van der Waals surface area contributed by atoms with Crippen LogP contribution in [0.3, 0.4) is 0 Å². The van der Waals surface area contributed by atoms with Crippen molar-refractivity contribution in [1.29, 1.82) is 0 Å². The fraction of sp³-hybridized carbons (Fsp3) is 0.208. The monoisotopic (exact) mass is 459 g/mol. The SMILES string of the molecule is Cc1cc(-c2c(-c3ccc(F)cc3)nc(N)n3c(=O)n(Cc4nc(C)oc4C)nc23)cc(C)n1. The summed E-state index contributed by atoms with van der Waals surface area (Å²) in [6, 6.07) is 9.72. The Morgan fingerprint density at radius 3 is 2.26 bits per heavy atom. The van der Waals surface area contributed by atoms with Crippen molar-refractivity contribution in [1.82, 2.24) is 29.1 Å². The van der Waals surface area contributed by atoms with Gasteiger partial charge in [0.1, 0.15) is 17.3 Å². The summed E-state index contributed by atoms with van der Waals surface area (Å²) in [5.41, 5.74) is 10.8. The molecule has 0 unspecified atom stereocenters. The topological polar surface area (TPSA) is 117 Å². The second-order valence-corrected chi connectivity index (χ2v) is 8.17. The molecule has 0 saturated carbocycles. The van der Waals surface area contributed by atoms with E-state index in [1.807, 2.05) is 26.0 Å². The molecule has 5 rings (SSSR count). The van der Waals surface area contributed by atoms with Crippen molar-refractivity contribution in [3.8, 4) is 22.4 Å². The molecule has 0 aliphatic heterocycles. The molecule has 0 aliphatic rings. The highest BCUT2D eigenvalue weighted by molar-refractivity contribution is 5.90. The van der Waals surface area contributed by atoms with E-state index in [1.54, 1.807) is 26.0 Å². The molecule has 1 aromatic carbocycles. The van der Waals surface area contributed by atoms with Crippen LogP contribution >= 0.6 is 0 Å². The molecule has 0 bridgehead atoms. The van der Waals surface area contributed by atoms with Gasteiger partial charge in [0.05, 0.1) is 17.8 Å². The molecule has 0 aliphatic carbocycles. The zero-order valence-electron chi connectivity index (χ0n) is 19.1. The first-order chi connectivity index (χ1) is 16.2. The maximum absolute atomic E-state index is 13.6. The molecule has 0 radical (unpaired) electrons. The van der Waals surface area contributed by atoms with Gasteiger partial charge < -0.3 is 10.2 Å². The van der Waals surface area contributed by atoms with Crippen LogP contribution in [-0.2, 0) is 6.54 Å². The number of halogens is 1. The van der Waals surface area contributed by atoms with E-state index < -0.39 is 5.69 Å². The van der Waals surface area contributed by atoms with E-state index in [4.69, 9.17) is 10.2 Å². The molecule has 0 spiro atoms. The average Bonchev–Trinajstić information content (AvgIpc) is 3.26. The minimum Gasteiger partial charge on any atom is -0.446 e. The molecule has 0 saturated heterocycles. The predicted molar refractivity (Wildman–Crippen MR) is 125 cm³/mol. The third-order valence-electron chi connectivity index (χ3n) is 5.54. The number of hydrogen-bond acceptors (Lipinski definition) is 7. The maximum atomic E-state index is 13.6. The number of nitrogens with two attached hydrogens (primary N) is 1. The Labute approximate surface area is 193 Å². The Bertz CT molecular complexity index is 1590. The molecule has 172 valence electrons. The Kier molecular flexibility index (Phi) is 5.00. The van der Waals surface area contributed by atoms with Crippen LogP contribution in [-0.4, -0.2) is 29.1 Å². The van der Waals surface area contributed by atoms with Gasteiger partial charge in [-0.25, -0.2) is 28.2 Å². The molecule has 2 N–H and O–H groups in total. The quantitative estimate of drug-likeness (QED) is 0.436. The number of aromatic nitrogens is 6. The van der Waals surface area contributed by atoms with Gasteiger partial charge in [-0.05, 0) is 62.7 Å². The molecule has 4 heterocycles. The minimum absolute atomic E-state index is 0.0233. The first-order valence-electron chi connectivity index (χ1n) is 10.6. The molecule has 9 nitrogen and oxygen atoms in total. The fourth-order valence-electron chi connectivity index (χ4n) is 4.13. The van der Waals surface area contributed by atoms with Crippen molar-refractivity contribution in [2.45, 2.75) is 34.2 Å². The third-order valence-corrected chi connectivity index (χ3v) is 5.54. The number of rotatable bonds is 4.